The van der Waals surface area contributed by atoms with Crippen LogP contribution >= 0.6 is 0 Å². The van der Waals surface area contributed by atoms with Crippen molar-refractivity contribution in [1.29, 1.82) is 5.26 Å². The monoisotopic (exact) mass is 476 g/mol. The van der Waals surface area contributed by atoms with Gasteiger partial charge in [0.2, 0.25) is 0 Å². The van der Waals surface area contributed by atoms with E-state index >= 15 is 0 Å². The molecule has 0 aliphatic carbocycles. The maximum atomic E-state index is 10.7. The Morgan fingerprint density at radius 2 is 1.82 bits per heavy atom. The number of nitriles is 1. The van der Waals surface area contributed by atoms with E-state index in [9.17, 15) is 5.26 Å². The molecule has 6 heteroatoms. The Morgan fingerprint density at radius 3 is 2.45 bits per heavy atom. The van der Waals surface area contributed by atoms with Crippen molar-refractivity contribution >= 4 is 0 Å². The predicted molar refractivity (Wildman–Crippen MR) is 132 cm³/mol. The molecule has 0 spiro atoms. The Kier molecular flexibility index (Phi) is 3.38. The van der Waals surface area contributed by atoms with E-state index in [1.54, 1.807) is 6.07 Å². The summed E-state index contributed by atoms with van der Waals surface area (Å²) in [4.78, 5) is -0.942. The molecular formula is C27H38N2O4. The molecule has 2 aromatic carbocycles. The lowest BCUT2D eigenvalue weighted by atomic mass is 9.69. The normalized spacial score (nSPS) is 26.0. The van der Waals surface area contributed by atoms with Crippen LogP contribution in [0.15, 0.2) is 36.3 Å². The predicted octanol–water partition coefficient (Wildman–Crippen LogP) is 5.09. The van der Waals surface area contributed by atoms with Crippen LogP contribution in [0.25, 0.3) is 0 Å². The lowest BCUT2D eigenvalue weighted by molar-refractivity contribution is 0.292. The number of ether oxygens (including phenoxy) is 4. The molecule has 6 nitrogen and oxygen atoms in total. The minimum absolute atomic E-state index is 0.558. The van der Waals surface area contributed by atoms with Gasteiger partial charge in [-0.3, -0.25) is 0 Å². The van der Waals surface area contributed by atoms with Gasteiger partial charge in [0.1, 0.15) is 0 Å². The Hall–Kier alpha value is -2.91. The van der Waals surface area contributed by atoms with E-state index in [4.69, 9.17) is 49.1 Å². The molecule has 2 aromatic rings. The molecule has 0 fully saturated rings. The van der Waals surface area contributed by atoms with Gasteiger partial charge in [0.05, 0.1) is 52.1 Å². The SMILES string of the molecule is [2H]c1c([2H])c(C([2H])([2H])C([2H])([2H])N(C([2H])([2H])[2H])C([2H])([2H])C([2H])([2H])C([2H])([2H])C(C#N)(c2ccc(OC([2H])([2H])[2H])c(OC([2H])([2H])[2H])c2)C(C)C)c([2H])c(OC)c1OC. The molecule has 0 heterocycles. The first-order chi connectivity index (χ1) is 24.4. The van der Waals surface area contributed by atoms with Crippen molar-refractivity contribution in [2.24, 2.45) is 5.92 Å². The van der Waals surface area contributed by atoms with Crippen LogP contribution in [-0.2, 0) is 11.8 Å². The van der Waals surface area contributed by atoms with Gasteiger partial charge in [-0.05, 0) is 73.9 Å². The van der Waals surface area contributed by atoms with E-state index in [0.29, 0.717) is 6.07 Å². The van der Waals surface area contributed by atoms with Crippen LogP contribution in [-0.4, -0.2) is 53.2 Å². The summed E-state index contributed by atoms with van der Waals surface area (Å²) in [5.74, 6) is -4.34. The number of benzene rings is 2. The molecule has 0 bridgehead atoms. The van der Waals surface area contributed by atoms with E-state index < -0.39 is 122 Å². The summed E-state index contributed by atoms with van der Waals surface area (Å²) in [6.07, 6.45) is -12.4. The van der Waals surface area contributed by atoms with Gasteiger partial charge in [-0.2, -0.15) is 5.26 Å². The van der Waals surface area contributed by atoms with Crippen LogP contribution in [0.5, 0.6) is 23.0 Å². The molecule has 0 amide bonds. The lowest BCUT2D eigenvalue weighted by Gasteiger charge is -2.32. The lowest BCUT2D eigenvalue weighted by Crippen LogP contribution is -2.32. The second kappa shape index (κ2) is 12.4. The van der Waals surface area contributed by atoms with Crippen molar-refractivity contribution in [2.45, 2.75) is 38.4 Å². The highest BCUT2D eigenvalue weighted by Gasteiger charge is 2.36. The van der Waals surface area contributed by atoms with Crippen molar-refractivity contribution in [3.63, 3.8) is 0 Å². The average molecular weight is 477 g/mol. The summed E-state index contributed by atoms with van der Waals surface area (Å²) in [5, 5.41) is 10.7. The Bertz CT molecular complexity index is 1780. The summed E-state index contributed by atoms with van der Waals surface area (Å²) < 4.78 is 203. The van der Waals surface area contributed by atoms with Gasteiger partial charge in [-0.15, -0.1) is 0 Å². The van der Waals surface area contributed by atoms with Crippen molar-refractivity contribution in [2.75, 3.05) is 48.3 Å². The Balaban J connectivity index is 3.07. The third-order valence-corrected chi connectivity index (χ3v) is 4.54. The highest BCUT2D eigenvalue weighted by molar-refractivity contribution is 5.47. The quantitative estimate of drug-likeness (QED) is 0.401. The summed E-state index contributed by atoms with van der Waals surface area (Å²) in [5.41, 5.74) is -5.01. The summed E-state index contributed by atoms with van der Waals surface area (Å²) in [7, 11) is -4.52. The number of nitrogens with zero attached hydrogens (tertiary/aromatic N) is 2. The largest absolute Gasteiger partial charge is 0.493 e. The first-order valence-electron chi connectivity index (χ1n) is 20.4. The summed E-state index contributed by atoms with van der Waals surface area (Å²) >= 11 is 0. The van der Waals surface area contributed by atoms with Crippen LogP contribution in [0.3, 0.4) is 0 Å². The van der Waals surface area contributed by atoms with Gasteiger partial charge in [0.25, 0.3) is 0 Å². The second-order valence-electron chi connectivity index (χ2n) is 6.69. The molecule has 1 unspecified atom stereocenters. The third-order valence-electron chi connectivity index (χ3n) is 4.54. The number of methoxy groups -OCH3 is 4. The van der Waals surface area contributed by atoms with Crippen LogP contribution in [0.1, 0.15) is 67.9 Å². The summed E-state index contributed by atoms with van der Waals surface area (Å²) in [6, 6.07) is 0.519. The van der Waals surface area contributed by atoms with Crippen LogP contribution in [0.4, 0.5) is 0 Å². The molecule has 180 valence electrons. The third kappa shape index (κ3) is 6.33. The number of likely N-dealkylation sites (N-methyl/N-ethyl adjacent to an activating group) is 1. The molecule has 0 radical (unpaired) electrons. The maximum Gasteiger partial charge on any atom is 0.161 e. The van der Waals surface area contributed by atoms with E-state index in [1.807, 2.05) is 0 Å². The highest BCUT2D eigenvalue weighted by atomic mass is 16.5. The van der Waals surface area contributed by atoms with E-state index in [2.05, 4.69) is 0 Å². The molecule has 2 rings (SSSR count). The minimum atomic E-state index is -4.53. The van der Waals surface area contributed by atoms with Crippen molar-refractivity contribution < 1.29 is 49.1 Å². The van der Waals surface area contributed by atoms with Gasteiger partial charge in [0.15, 0.2) is 23.0 Å². The molecule has 0 aliphatic rings. The zero-order chi connectivity index (χ0) is 43.5. The van der Waals surface area contributed by atoms with Gasteiger partial charge >= 0.3 is 0 Å². The van der Waals surface area contributed by atoms with Crippen molar-refractivity contribution in [3.05, 3.63) is 47.5 Å². The molecule has 0 saturated heterocycles. The number of rotatable bonds is 13. The topological polar surface area (TPSA) is 64.0 Å². The van der Waals surface area contributed by atoms with Gasteiger partial charge in [0, 0.05) is 24.3 Å². The summed E-state index contributed by atoms with van der Waals surface area (Å²) in [6.45, 7) is -10.8. The molecule has 33 heavy (non-hydrogen) atoms. The zero-order valence-corrected chi connectivity index (χ0v) is 18.3. The zero-order valence-electron chi connectivity index (χ0n) is 40.3. The fraction of sp³-hybridized carbons (Fsp3) is 0.519. The first kappa shape index (κ1) is 9.03. The molecule has 0 aromatic heterocycles. The Labute approximate surface area is 229 Å². The van der Waals surface area contributed by atoms with Crippen LogP contribution in [0.2, 0.25) is 0 Å². The van der Waals surface area contributed by atoms with Gasteiger partial charge in [-0.25, -0.2) is 0 Å². The molecule has 0 saturated carbocycles. The van der Waals surface area contributed by atoms with Crippen LogP contribution in [0, 0.1) is 17.2 Å². The van der Waals surface area contributed by atoms with Crippen LogP contribution < -0.4 is 18.9 Å². The average Bonchev–Trinajstić information content (AvgIpc) is 2.97. The standard InChI is InChI=1S/C27H38N2O4/c1-20(2)27(19-28,22-10-12-24(31-5)26(18-22)33-7)14-8-15-29(3)16-13-21-9-11-23(30-4)25(17-21)32-6/h9-12,17-18,20H,8,13-16H2,1-7H3/i3D3,5D3,7D3,8D2,9D,11D,13D2,14D2,15D2,16D2,17D. The minimum Gasteiger partial charge on any atom is -0.493 e. The second-order valence-corrected chi connectivity index (χ2v) is 6.69. The van der Waals surface area contributed by atoms with Gasteiger partial charge in [-0.1, -0.05) is 26.0 Å². The molecular weight excluding hydrogens is 416 g/mol. The maximum absolute atomic E-state index is 10.7. The number of hydrogen-bond acceptors (Lipinski definition) is 6. The van der Waals surface area contributed by atoms with Gasteiger partial charge < -0.3 is 23.8 Å². The fourth-order valence-corrected chi connectivity index (χ4v) is 2.74. The number of hydrogen-bond donors (Lipinski definition) is 0. The Morgan fingerprint density at radius 1 is 1.06 bits per heavy atom. The fourth-order valence-electron chi connectivity index (χ4n) is 2.74. The molecule has 1 atom stereocenters. The smallest absolute Gasteiger partial charge is 0.161 e. The molecule has 0 N–H and O–H groups in total. The van der Waals surface area contributed by atoms with E-state index in [1.165, 1.54) is 0 Å². The first-order valence-corrected chi connectivity index (χ1v) is 9.37. The van der Waals surface area contributed by atoms with Crippen molar-refractivity contribution in [1.82, 2.24) is 4.90 Å². The van der Waals surface area contributed by atoms with E-state index in [0.717, 1.165) is 40.2 Å². The highest BCUT2D eigenvalue weighted by Crippen LogP contribution is 2.40. The van der Waals surface area contributed by atoms with Crippen molar-refractivity contribution in [3.8, 4) is 29.1 Å². The molecule has 0 aliphatic heterocycles. The van der Waals surface area contributed by atoms with E-state index in [-0.39, 0.29) is 0 Å².